The molecule has 0 spiro atoms. The average molecular weight is 401 g/mol. The molecular weight excluding hydrogens is 357 g/mol. The monoisotopic (exact) mass is 400 g/mol. The minimum Gasteiger partial charge on any atom is -0.171 e. The van der Waals surface area contributed by atoms with Crippen LogP contribution < -0.4 is 0 Å². The van der Waals surface area contributed by atoms with Gasteiger partial charge in [-0.05, 0) is 68.6 Å². The Morgan fingerprint density at radius 2 is 1.32 bits per heavy atom. The second-order valence-electron chi connectivity index (χ2n) is 9.59. The lowest BCUT2D eigenvalue weighted by atomic mass is 9.68. The van der Waals surface area contributed by atoms with Gasteiger partial charge in [0.05, 0.1) is 0 Å². The Morgan fingerprint density at radius 1 is 0.750 bits per heavy atom. The standard InChI is InChI=1S/C25H43F3/c1-2-3-4-5-6-7-10-21-12-16-23(17-13-21)24-18-14-22(15-19-24)11-8-9-20-25(26,27)28/h8,11,21-24H,2-7,9-10,12-20H2,1H3. The SMILES string of the molecule is CCCCCCCCC1CCC(C2CCC(C=CCCC(F)(F)F)CC2)CC1. The molecule has 2 aliphatic rings. The van der Waals surface area contributed by atoms with Crippen LogP contribution in [0.15, 0.2) is 12.2 Å². The van der Waals surface area contributed by atoms with Crippen LogP contribution in [0.4, 0.5) is 13.2 Å². The van der Waals surface area contributed by atoms with Crippen molar-refractivity contribution >= 4 is 0 Å². The maximum atomic E-state index is 12.2. The van der Waals surface area contributed by atoms with E-state index in [-0.39, 0.29) is 6.42 Å². The van der Waals surface area contributed by atoms with E-state index >= 15 is 0 Å². The highest BCUT2D eigenvalue weighted by Gasteiger charge is 2.30. The Hall–Kier alpha value is -0.470. The zero-order chi connectivity index (χ0) is 20.2. The van der Waals surface area contributed by atoms with Crippen molar-refractivity contribution in [2.75, 3.05) is 0 Å². The zero-order valence-corrected chi connectivity index (χ0v) is 18.1. The molecule has 0 radical (unpaired) electrons. The lowest BCUT2D eigenvalue weighted by molar-refractivity contribution is -0.133. The summed E-state index contributed by atoms with van der Waals surface area (Å²) >= 11 is 0. The van der Waals surface area contributed by atoms with Gasteiger partial charge in [0.1, 0.15) is 0 Å². The maximum absolute atomic E-state index is 12.2. The first kappa shape index (κ1) is 23.8. The number of halogens is 3. The summed E-state index contributed by atoms with van der Waals surface area (Å²) in [6.45, 7) is 2.28. The van der Waals surface area contributed by atoms with E-state index in [9.17, 15) is 13.2 Å². The van der Waals surface area contributed by atoms with Crippen molar-refractivity contribution in [1.82, 2.24) is 0 Å². The molecule has 2 fully saturated rings. The summed E-state index contributed by atoms with van der Waals surface area (Å²) in [7, 11) is 0. The predicted molar refractivity (Wildman–Crippen MR) is 113 cm³/mol. The van der Waals surface area contributed by atoms with Gasteiger partial charge in [-0.1, -0.05) is 76.9 Å². The highest BCUT2D eigenvalue weighted by Crippen LogP contribution is 2.42. The number of unbranched alkanes of at least 4 members (excludes halogenated alkanes) is 5. The number of hydrogen-bond acceptors (Lipinski definition) is 0. The fourth-order valence-corrected chi connectivity index (χ4v) is 5.51. The maximum Gasteiger partial charge on any atom is 0.389 e. The first-order valence-corrected chi connectivity index (χ1v) is 12.2. The molecule has 0 aliphatic heterocycles. The van der Waals surface area contributed by atoms with Crippen LogP contribution in [0.1, 0.15) is 116 Å². The summed E-state index contributed by atoms with van der Waals surface area (Å²) in [6.07, 6.45) is 19.9. The summed E-state index contributed by atoms with van der Waals surface area (Å²) < 4.78 is 36.6. The van der Waals surface area contributed by atoms with Crippen LogP contribution in [-0.4, -0.2) is 6.18 Å². The number of alkyl halides is 3. The van der Waals surface area contributed by atoms with Crippen LogP contribution >= 0.6 is 0 Å². The number of allylic oxidation sites excluding steroid dienone is 2. The fraction of sp³-hybridized carbons (Fsp3) is 0.920. The summed E-state index contributed by atoms with van der Waals surface area (Å²) in [5, 5.41) is 0. The highest BCUT2D eigenvalue weighted by atomic mass is 19.4. The van der Waals surface area contributed by atoms with Gasteiger partial charge in [0.25, 0.3) is 0 Å². The van der Waals surface area contributed by atoms with E-state index < -0.39 is 12.6 Å². The highest BCUT2D eigenvalue weighted by molar-refractivity contribution is 4.92. The van der Waals surface area contributed by atoms with Gasteiger partial charge in [-0.3, -0.25) is 0 Å². The Bertz CT molecular complexity index is 410. The van der Waals surface area contributed by atoms with Gasteiger partial charge in [-0.2, -0.15) is 13.2 Å². The molecule has 0 heterocycles. The normalized spacial score (nSPS) is 29.4. The molecule has 0 N–H and O–H groups in total. The minimum atomic E-state index is -4.02. The zero-order valence-electron chi connectivity index (χ0n) is 18.1. The largest absolute Gasteiger partial charge is 0.389 e. The number of hydrogen-bond donors (Lipinski definition) is 0. The van der Waals surface area contributed by atoms with Crippen molar-refractivity contribution in [1.29, 1.82) is 0 Å². The van der Waals surface area contributed by atoms with Crippen LogP contribution in [0.3, 0.4) is 0 Å². The smallest absolute Gasteiger partial charge is 0.171 e. The van der Waals surface area contributed by atoms with E-state index in [1.807, 2.05) is 0 Å². The van der Waals surface area contributed by atoms with E-state index in [1.165, 1.54) is 96.3 Å². The van der Waals surface area contributed by atoms with Crippen molar-refractivity contribution in [3.8, 4) is 0 Å². The molecular formula is C25H43F3. The molecule has 2 aliphatic carbocycles. The molecule has 0 amide bonds. The first-order valence-electron chi connectivity index (χ1n) is 12.2. The molecule has 3 heteroatoms. The number of rotatable bonds is 11. The summed E-state index contributed by atoms with van der Waals surface area (Å²) in [4.78, 5) is 0. The second-order valence-corrected chi connectivity index (χ2v) is 9.59. The first-order chi connectivity index (χ1) is 13.5. The van der Waals surface area contributed by atoms with Gasteiger partial charge in [0.15, 0.2) is 0 Å². The third-order valence-corrected chi connectivity index (χ3v) is 7.34. The van der Waals surface area contributed by atoms with E-state index in [4.69, 9.17) is 0 Å². The van der Waals surface area contributed by atoms with Crippen LogP contribution in [-0.2, 0) is 0 Å². The van der Waals surface area contributed by atoms with E-state index in [1.54, 1.807) is 6.08 Å². The Morgan fingerprint density at radius 3 is 1.93 bits per heavy atom. The third-order valence-electron chi connectivity index (χ3n) is 7.34. The molecule has 0 aromatic heterocycles. The lowest BCUT2D eigenvalue weighted by Gasteiger charge is -2.37. The molecule has 2 saturated carbocycles. The molecule has 164 valence electrons. The molecule has 0 saturated heterocycles. The van der Waals surface area contributed by atoms with Gasteiger partial charge >= 0.3 is 6.18 Å². The summed E-state index contributed by atoms with van der Waals surface area (Å²) in [5.74, 6) is 3.31. The summed E-state index contributed by atoms with van der Waals surface area (Å²) in [5.41, 5.74) is 0. The molecule has 0 nitrogen and oxygen atoms in total. The van der Waals surface area contributed by atoms with Gasteiger partial charge in [-0.15, -0.1) is 0 Å². The van der Waals surface area contributed by atoms with Gasteiger partial charge in [-0.25, -0.2) is 0 Å². The Labute approximate surface area is 171 Å². The van der Waals surface area contributed by atoms with Crippen LogP contribution in [0.25, 0.3) is 0 Å². The van der Waals surface area contributed by atoms with Crippen LogP contribution in [0, 0.1) is 23.7 Å². The van der Waals surface area contributed by atoms with E-state index in [0.717, 1.165) is 17.8 Å². The van der Waals surface area contributed by atoms with Crippen LogP contribution in [0.5, 0.6) is 0 Å². The van der Waals surface area contributed by atoms with Gasteiger partial charge in [0.2, 0.25) is 0 Å². The topological polar surface area (TPSA) is 0 Å². The molecule has 0 bridgehead atoms. The molecule has 28 heavy (non-hydrogen) atoms. The molecule has 0 unspecified atom stereocenters. The molecule has 0 aromatic carbocycles. The van der Waals surface area contributed by atoms with Crippen molar-refractivity contribution < 1.29 is 13.2 Å². The van der Waals surface area contributed by atoms with Crippen LogP contribution in [0.2, 0.25) is 0 Å². The fourth-order valence-electron chi connectivity index (χ4n) is 5.51. The Kier molecular flexibility index (Phi) is 11.0. The van der Waals surface area contributed by atoms with E-state index in [0.29, 0.717) is 5.92 Å². The quantitative estimate of drug-likeness (QED) is 0.239. The molecule has 0 atom stereocenters. The van der Waals surface area contributed by atoms with Gasteiger partial charge in [0, 0.05) is 6.42 Å². The van der Waals surface area contributed by atoms with E-state index in [2.05, 4.69) is 13.0 Å². The van der Waals surface area contributed by atoms with Crippen molar-refractivity contribution in [3.63, 3.8) is 0 Å². The minimum absolute atomic E-state index is 0.145. The van der Waals surface area contributed by atoms with Crippen molar-refractivity contribution in [2.45, 2.75) is 122 Å². The summed E-state index contributed by atoms with van der Waals surface area (Å²) in [6, 6.07) is 0. The van der Waals surface area contributed by atoms with Crippen molar-refractivity contribution in [2.24, 2.45) is 23.7 Å². The predicted octanol–water partition coefficient (Wildman–Crippen LogP) is 9.25. The molecule has 0 aromatic rings. The lowest BCUT2D eigenvalue weighted by Crippen LogP contribution is -2.25. The van der Waals surface area contributed by atoms with Gasteiger partial charge < -0.3 is 0 Å². The second kappa shape index (κ2) is 13.0. The Balaban J connectivity index is 1.54. The molecule has 2 rings (SSSR count). The average Bonchev–Trinajstić information content (AvgIpc) is 2.68. The third kappa shape index (κ3) is 9.83. The van der Waals surface area contributed by atoms with Crippen molar-refractivity contribution in [3.05, 3.63) is 12.2 Å².